The van der Waals surface area contributed by atoms with E-state index in [-0.39, 0.29) is 11.9 Å². The van der Waals surface area contributed by atoms with E-state index < -0.39 is 0 Å². The number of anilines is 1. The van der Waals surface area contributed by atoms with Crippen LogP contribution in [-0.2, 0) is 0 Å². The van der Waals surface area contributed by atoms with Crippen LogP contribution in [0.3, 0.4) is 0 Å². The minimum Gasteiger partial charge on any atom is -0.349 e. The minimum absolute atomic E-state index is 0.0576. The van der Waals surface area contributed by atoms with Gasteiger partial charge >= 0.3 is 6.03 Å². The van der Waals surface area contributed by atoms with Gasteiger partial charge in [-0.2, -0.15) is 0 Å². The average Bonchev–Trinajstić information content (AvgIpc) is 3.35. The molecule has 0 aromatic heterocycles. The molecule has 0 spiro atoms. The molecular weight excluding hydrogens is 290 g/mol. The van der Waals surface area contributed by atoms with E-state index in [4.69, 9.17) is 0 Å². The van der Waals surface area contributed by atoms with Gasteiger partial charge in [-0.15, -0.1) is 0 Å². The molecule has 1 aromatic rings. The van der Waals surface area contributed by atoms with Crippen molar-refractivity contribution in [1.29, 1.82) is 0 Å². The zero-order valence-electron chi connectivity index (χ0n) is 13.7. The predicted octanol–water partition coefficient (Wildman–Crippen LogP) is 3.30. The fraction of sp³-hybridized carbons (Fsp3) is 0.556. The van der Waals surface area contributed by atoms with E-state index in [1.807, 2.05) is 24.0 Å². The second kappa shape index (κ2) is 7.02. The summed E-state index contributed by atoms with van der Waals surface area (Å²) in [6.07, 6.45) is 6.65. The highest BCUT2D eigenvalue weighted by molar-refractivity contribution is 5.97. The van der Waals surface area contributed by atoms with Crippen molar-refractivity contribution >= 4 is 17.6 Å². The molecule has 5 nitrogen and oxygen atoms in total. The molecule has 0 unspecified atom stereocenters. The van der Waals surface area contributed by atoms with Gasteiger partial charge in [0.05, 0.1) is 0 Å². The number of hydrogen-bond donors (Lipinski definition) is 2. The van der Waals surface area contributed by atoms with Gasteiger partial charge in [0, 0.05) is 30.4 Å². The Morgan fingerprint density at radius 2 is 1.78 bits per heavy atom. The zero-order valence-corrected chi connectivity index (χ0v) is 13.7. The lowest BCUT2D eigenvalue weighted by atomic mass is 10.1. The molecule has 1 saturated heterocycles. The summed E-state index contributed by atoms with van der Waals surface area (Å²) in [4.78, 5) is 26.5. The molecule has 0 atom stereocenters. The number of nitrogens with one attached hydrogen (secondary N) is 2. The van der Waals surface area contributed by atoms with E-state index in [1.165, 1.54) is 12.8 Å². The third-order valence-electron chi connectivity index (χ3n) is 4.55. The predicted molar refractivity (Wildman–Crippen MR) is 90.7 cm³/mol. The summed E-state index contributed by atoms with van der Waals surface area (Å²) in [6.45, 7) is 3.57. The molecule has 1 aliphatic carbocycles. The number of rotatable bonds is 3. The molecule has 1 heterocycles. The summed E-state index contributed by atoms with van der Waals surface area (Å²) in [6, 6.07) is 5.76. The van der Waals surface area contributed by atoms with Crippen molar-refractivity contribution in [2.24, 2.45) is 0 Å². The number of nitrogens with zero attached hydrogens (tertiary/aromatic N) is 1. The number of amides is 3. The lowest BCUT2D eigenvalue weighted by Crippen LogP contribution is -2.35. The number of benzene rings is 1. The van der Waals surface area contributed by atoms with Crippen LogP contribution in [0.25, 0.3) is 0 Å². The Morgan fingerprint density at radius 3 is 2.43 bits per heavy atom. The van der Waals surface area contributed by atoms with E-state index in [0.717, 1.165) is 50.0 Å². The first-order chi connectivity index (χ1) is 11.1. The SMILES string of the molecule is Cc1ccc(C(=O)NC2CC2)cc1NC(=O)N1CCCCCC1. The largest absolute Gasteiger partial charge is 0.349 e. The van der Waals surface area contributed by atoms with Crippen molar-refractivity contribution < 1.29 is 9.59 Å². The quantitative estimate of drug-likeness (QED) is 0.899. The highest BCUT2D eigenvalue weighted by atomic mass is 16.2. The number of carbonyl (C=O) groups is 2. The average molecular weight is 315 g/mol. The third-order valence-corrected chi connectivity index (χ3v) is 4.55. The van der Waals surface area contributed by atoms with Crippen LogP contribution >= 0.6 is 0 Å². The van der Waals surface area contributed by atoms with Crippen molar-refractivity contribution in [2.45, 2.75) is 51.5 Å². The highest BCUT2D eigenvalue weighted by Crippen LogP contribution is 2.22. The Labute approximate surface area is 137 Å². The standard InChI is InChI=1S/C18H25N3O2/c1-13-6-7-14(17(22)19-15-8-9-15)12-16(13)20-18(23)21-10-4-2-3-5-11-21/h6-7,12,15H,2-5,8-11H2,1H3,(H,19,22)(H,20,23). The van der Waals surface area contributed by atoms with Gasteiger partial charge in [0.2, 0.25) is 0 Å². The van der Waals surface area contributed by atoms with Crippen LogP contribution in [0.2, 0.25) is 0 Å². The second-order valence-electron chi connectivity index (χ2n) is 6.61. The normalized spacial score (nSPS) is 18.2. The second-order valence-corrected chi connectivity index (χ2v) is 6.61. The van der Waals surface area contributed by atoms with Gasteiger partial charge in [0.25, 0.3) is 5.91 Å². The van der Waals surface area contributed by atoms with Gasteiger partial charge in [-0.3, -0.25) is 4.79 Å². The van der Waals surface area contributed by atoms with Crippen LogP contribution in [-0.4, -0.2) is 36.0 Å². The van der Waals surface area contributed by atoms with Gasteiger partial charge in [-0.05, 0) is 50.3 Å². The van der Waals surface area contributed by atoms with Crippen molar-refractivity contribution in [2.75, 3.05) is 18.4 Å². The first-order valence-electron chi connectivity index (χ1n) is 8.61. The van der Waals surface area contributed by atoms with Crippen molar-refractivity contribution in [1.82, 2.24) is 10.2 Å². The maximum atomic E-state index is 12.5. The summed E-state index contributed by atoms with van der Waals surface area (Å²) in [7, 11) is 0. The van der Waals surface area contributed by atoms with E-state index in [9.17, 15) is 9.59 Å². The molecule has 2 aliphatic rings. The minimum atomic E-state index is -0.0604. The monoisotopic (exact) mass is 315 g/mol. The molecule has 3 amide bonds. The van der Waals surface area contributed by atoms with Crippen LogP contribution in [0.4, 0.5) is 10.5 Å². The topological polar surface area (TPSA) is 61.4 Å². The number of aryl methyl sites for hydroxylation is 1. The van der Waals surface area contributed by atoms with Crippen LogP contribution < -0.4 is 10.6 Å². The molecule has 2 fully saturated rings. The van der Waals surface area contributed by atoms with Gasteiger partial charge in [-0.25, -0.2) is 4.79 Å². The number of hydrogen-bond acceptors (Lipinski definition) is 2. The van der Waals surface area contributed by atoms with Gasteiger partial charge in [0.1, 0.15) is 0 Å². The molecule has 2 N–H and O–H groups in total. The maximum absolute atomic E-state index is 12.5. The molecule has 23 heavy (non-hydrogen) atoms. The zero-order chi connectivity index (χ0) is 16.2. The van der Waals surface area contributed by atoms with E-state index >= 15 is 0 Å². The van der Waals surface area contributed by atoms with Crippen LogP contribution in [0, 0.1) is 6.92 Å². The molecule has 3 rings (SSSR count). The highest BCUT2D eigenvalue weighted by Gasteiger charge is 2.24. The fourth-order valence-electron chi connectivity index (χ4n) is 2.86. The van der Waals surface area contributed by atoms with Crippen LogP contribution in [0.1, 0.15) is 54.4 Å². The van der Waals surface area contributed by atoms with E-state index in [2.05, 4.69) is 10.6 Å². The molecule has 1 aliphatic heterocycles. The van der Waals surface area contributed by atoms with Crippen molar-refractivity contribution in [3.8, 4) is 0 Å². The van der Waals surface area contributed by atoms with E-state index in [1.54, 1.807) is 6.07 Å². The Hall–Kier alpha value is -2.04. The summed E-state index contributed by atoms with van der Waals surface area (Å²) >= 11 is 0. The number of carbonyl (C=O) groups excluding carboxylic acids is 2. The Bertz CT molecular complexity index is 588. The first kappa shape index (κ1) is 15.8. The summed E-state index contributed by atoms with van der Waals surface area (Å²) in [5, 5.41) is 5.96. The molecule has 1 aromatic carbocycles. The number of urea groups is 1. The summed E-state index contributed by atoms with van der Waals surface area (Å²) < 4.78 is 0. The smallest absolute Gasteiger partial charge is 0.321 e. The lowest BCUT2D eigenvalue weighted by molar-refractivity contribution is 0.0951. The molecule has 0 bridgehead atoms. The Kier molecular flexibility index (Phi) is 4.84. The Balaban J connectivity index is 1.68. The lowest BCUT2D eigenvalue weighted by Gasteiger charge is -2.21. The van der Waals surface area contributed by atoms with Crippen molar-refractivity contribution in [3.63, 3.8) is 0 Å². The fourth-order valence-corrected chi connectivity index (χ4v) is 2.86. The van der Waals surface area contributed by atoms with E-state index in [0.29, 0.717) is 11.6 Å². The van der Waals surface area contributed by atoms with Gasteiger partial charge in [-0.1, -0.05) is 18.9 Å². The molecule has 5 heteroatoms. The molecular formula is C18H25N3O2. The summed E-state index contributed by atoms with van der Waals surface area (Å²) in [5.74, 6) is -0.0576. The maximum Gasteiger partial charge on any atom is 0.321 e. The molecule has 1 saturated carbocycles. The molecule has 0 radical (unpaired) electrons. The van der Waals surface area contributed by atoms with Crippen LogP contribution in [0.5, 0.6) is 0 Å². The number of likely N-dealkylation sites (tertiary alicyclic amines) is 1. The first-order valence-corrected chi connectivity index (χ1v) is 8.61. The third kappa shape index (κ3) is 4.24. The Morgan fingerprint density at radius 1 is 1.09 bits per heavy atom. The van der Waals surface area contributed by atoms with Gasteiger partial charge < -0.3 is 15.5 Å². The summed E-state index contributed by atoms with van der Waals surface area (Å²) in [5.41, 5.74) is 2.30. The van der Waals surface area contributed by atoms with Gasteiger partial charge in [0.15, 0.2) is 0 Å². The van der Waals surface area contributed by atoms with Crippen molar-refractivity contribution in [3.05, 3.63) is 29.3 Å². The van der Waals surface area contributed by atoms with Crippen LogP contribution in [0.15, 0.2) is 18.2 Å². The molecule has 124 valence electrons.